The van der Waals surface area contributed by atoms with E-state index in [0.717, 1.165) is 27.5 Å². The van der Waals surface area contributed by atoms with Crippen LogP contribution < -0.4 is 25.4 Å². The number of Topliss-reactive ketones (excluding diaryl/α,β-unsaturated/α-hetero) is 1. The zero-order valence-corrected chi connectivity index (χ0v) is 23.9. The lowest BCUT2D eigenvalue weighted by Crippen LogP contribution is -2.19. The number of ketones is 1. The molecule has 1 amide bonds. The van der Waals surface area contributed by atoms with E-state index >= 15 is 0 Å². The Morgan fingerprint density at radius 3 is 2.38 bits per heavy atom. The van der Waals surface area contributed by atoms with Crippen molar-refractivity contribution in [2.24, 2.45) is 0 Å². The maximum atomic E-state index is 12.6. The Kier molecular flexibility index (Phi) is 9.53. The number of hydrogen-bond donors (Lipinski definition) is 3. The van der Waals surface area contributed by atoms with Crippen LogP contribution in [0.4, 0.5) is 16.5 Å². The Morgan fingerprint density at radius 1 is 0.923 bits per heavy atom. The van der Waals surface area contributed by atoms with E-state index in [0.29, 0.717) is 27.3 Å². The first-order valence-electron chi connectivity index (χ1n) is 11.7. The van der Waals surface area contributed by atoms with Crippen molar-refractivity contribution in [2.75, 3.05) is 35.9 Å². The second kappa shape index (κ2) is 13.2. The maximum Gasteiger partial charge on any atom is 0.236 e. The van der Waals surface area contributed by atoms with Crippen LogP contribution in [0.2, 0.25) is 0 Å². The molecule has 1 heterocycles. The minimum atomic E-state index is -0.155. The number of rotatable bonds is 10. The predicted octanol–water partition coefficient (Wildman–Crippen LogP) is 6.57. The van der Waals surface area contributed by atoms with Crippen LogP contribution in [-0.4, -0.2) is 41.8 Å². The van der Waals surface area contributed by atoms with E-state index in [-0.39, 0.29) is 17.4 Å². The molecule has 11 heteroatoms. The molecule has 39 heavy (non-hydrogen) atoms. The summed E-state index contributed by atoms with van der Waals surface area (Å²) in [4.78, 5) is 29.5. The Balaban J connectivity index is 1.29. The molecule has 0 aliphatic carbocycles. The zero-order valence-electron chi connectivity index (χ0n) is 21.4. The summed E-state index contributed by atoms with van der Waals surface area (Å²) >= 11 is 8.18. The number of methoxy groups -OCH3 is 2. The molecule has 1 aromatic heterocycles. The number of thiocarbonyl (C=S) groups is 1. The van der Waals surface area contributed by atoms with Crippen molar-refractivity contribution < 1.29 is 19.1 Å². The molecule has 0 saturated carbocycles. The van der Waals surface area contributed by atoms with E-state index in [2.05, 4.69) is 20.9 Å². The van der Waals surface area contributed by atoms with E-state index in [9.17, 15) is 9.59 Å². The molecule has 200 valence electrons. The largest absolute Gasteiger partial charge is 0.493 e. The van der Waals surface area contributed by atoms with Crippen molar-refractivity contribution in [1.29, 1.82) is 0 Å². The third-order valence-corrected chi connectivity index (χ3v) is 7.40. The second-order valence-electron chi connectivity index (χ2n) is 8.19. The van der Waals surface area contributed by atoms with Gasteiger partial charge in [0, 0.05) is 32.8 Å². The molecule has 3 aromatic carbocycles. The number of thiazole rings is 1. The first-order valence-corrected chi connectivity index (χ1v) is 14.0. The number of thioether (sulfide) groups is 1. The first kappa shape index (κ1) is 28.1. The van der Waals surface area contributed by atoms with Crippen molar-refractivity contribution in [3.8, 4) is 22.8 Å². The third-order valence-electron chi connectivity index (χ3n) is 5.44. The molecule has 0 saturated heterocycles. The van der Waals surface area contributed by atoms with Crippen LogP contribution in [0.5, 0.6) is 11.5 Å². The van der Waals surface area contributed by atoms with Crippen molar-refractivity contribution >= 4 is 68.6 Å². The number of hydrogen-bond acceptors (Lipinski definition) is 8. The maximum absolute atomic E-state index is 12.6. The molecule has 3 N–H and O–H groups in total. The number of amides is 1. The fourth-order valence-corrected chi connectivity index (χ4v) is 5.24. The van der Waals surface area contributed by atoms with Gasteiger partial charge in [-0.25, -0.2) is 4.98 Å². The molecular weight excluding hydrogens is 553 g/mol. The SMILES string of the molecule is COc1ccc(-c2csc(NC(=O)CSc3cccc(NC(=S)Nc4ccc(C(C)=O)cc4)c3)n2)cc1OC. The highest BCUT2D eigenvalue weighted by molar-refractivity contribution is 8.00. The van der Waals surface area contributed by atoms with Crippen molar-refractivity contribution in [1.82, 2.24) is 4.98 Å². The van der Waals surface area contributed by atoms with Crippen molar-refractivity contribution in [2.45, 2.75) is 11.8 Å². The van der Waals surface area contributed by atoms with E-state index in [1.165, 1.54) is 30.0 Å². The van der Waals surface area contributed by atoms with Gasteiger partial charge in [0.2, 0.25) is 5.91 Å². The molecule has 0 aliphatic rings. The lowest BCUT2D eigenvalue weighted by molar-refractivity contribution is -0.113. The van der Waals surface area contributed by atoms with Gasteiger partial charge in [-0.1, -0.05) is 6.07 Å². The van der Waals surface area contributed by atoms with Gasteiger partial charge in [-0.3, -0.25) is 9.59 Å². The van der Waals surface area contributed by atoms with Gasteiger partial charge in [0.05, 0.1) is 25.7 Å². The molecule has 0 aliphatic heterocycles. The summed E-state index contributed by atoms with van der Waals surface area (Å²) in [7, 11) is 3.17. The topological polar surface area (TPSA) is 102 Å². The molecule has 0 radical (unpaired) electrons. The number of nitrogens with zero attached hydrogens (tertiary/aromatic N) is 1. The number of carbonyl (C=O) groups is 2. The van der Waals surface area contributed by atoms with Crippen LogP contribution in [0.3, 0.4) is 0 Å². The van der Waals surface area contributed by atoms with Crippen LogP contribution in [0.15, 0.2) is 77.0 Å². The average molecular weight is 579 g/mol. The van der Waals surface area contributed by atoms with Gasteiger partial charge in [-0.05, 0) is 79.8 Å². The standard InChI is InChI=1S/C28H26N4O4S3/c1-17(33)18-7-10-20(11-8-18)29-27(37)30-21-5-4-6-22(14-21)38-16-26(34)32-28-31-23(15-39-28)19-9-12-24(35-2)25(13-19)36-3/h4-15H,16H2,1-3H3,(H2,29,30,37)(H,31,32,34). The molecule has 0 fully saturated rings. The number of ether oxygens (including phenoxy) is 2. The van der Waals surface area contributed by atoms with Gasteiger partial charge in [0.25, 0.3) is 0 Å². The first-order chi connectivity index (χ1) is 18.8. The normalized spacial score (nSPS) is 10.4. The summed E-state index contributed by atoms with van der Waals surface area (Å²) in [6, 6.07) is 20.3. The number of carbonyl (C=O) groups excluding carboxylic acids is 2. The summed E-state index contributed by atoms with van der Waals surface area (Å²) in [5, 5.41) is 11.9. The molecule has 4 aromatic rings. The minimum absolute atomic E-state index is 0.0104. The van der Waals surface area contributed by atoms with Crippen LogP contribution in [0, 0.1) is 0 Å². The van der Waals surface area contributed by atoms with Crippen molar-refractivity contribution in [3.05, 3.63) is 77.7 Å². The number of nitrogens with one attached hydrogen (secondary N) is 3. The van der Waals surface area contributed by atoms with E-state index in [4.69, 9.17) is 21.7 Å². The van der Waals surface area contributed by atoms with E-state index < -0.39 is 0 Å². The Labute approximate surface area is 240 Å². The minimum Gasteiger partial charge on any atom is -0.493 e. The Bertz CT molecular complexity index is 1490. The van der Waals surface area contributed by atoms with Crippen LogP contribution in [0.25, 0.3) is 11.3 Å². The molecule has 8 nitrogen and oxygen atoms in total. The second-order valence-corrected chi connectivity index (χ2v) is 10.5. The third kappa shape index (κ3) is 7.79. The summed E-state index contributed by atoms with van der Waals surface area (Å²) in [5.41, 5.74) is 3.81. The highest BCUT2D eigenvalue weighted by atomic mass is 32.2. The Hall–Kier alpha value is -3.93. The average Bonchev–Trinajstić information content (AvgIpc) is 3.40. The molecular formula is C28H26N4O4S3. The molecule has 0 spiro atoms. The van der Waals surface area contributed by atoms with E-state index in [1.54, 1.807) is 38.5 Å². The van der Waals surface area contributed by atoms with Gasteiger partial charge in [0.1, 0.15) is 0 Å². The fourth-order valence-electron chi connectivity index (χ4n) is 3.51. The predicted molar refractivity (Wildman–Crippen MR) is 163 cm³/mol. The highest BCUT2D eigenvalue weighted by Crippen LogP contribution is 2.33. The van der Waals surface area contributed by atoms with Gasteiger partial charge in [-0.15, -0.1) is 23.1 Å². The lowest BCUT2D eigenvalue weighted by Gasteiger charge is -2.12. The van der Waals surface area contributed by atoms with Crippen LogP contribution in [0.1, 0.15) is 17.3 Å². The van der Waals surface area contributed by atoms with E-state index in [1.807, 2.05) is 47.8 Å². The Morgan fingerprint density at radius 2 is 1.67 bits per heavy atom. The number of anilines is 3. The molecule has 0 unspecified atom stereocenters. The van der Waals surface area contributed by atoms with Crippen molar-refractivity contribution in [3.63, 3.8) is 0 Å². The van der Waals surface area contributed by atoms with Crippen LogP contribution in [-0.2, 0) is 4.79 Å². The fraction of sp³-hybridized carbons (Fsp3) is 0.143. The summed E-state index contributed by atoms with van der Waals surface area (Å²) in [6.45, 7) is 1.53. The zero-order chi connectivity index (χ0) is 27.8. The number of aromatic nitrogens is 1. The molecule has 4 rings (SSSR count). The highest BCUT2D eigenvalue weighted by Gasteiger charge is 2.12. The smallest absolute Gasteiger partial charge is 0.236 e. The van der Waals surface area contributed by atoms with Gasteiger partial charge in [0.15, 0.2) is 27.5 Å². The monoisotopic (exact) mass is 578 g/mol. The summed E-state index contributed by atoms with van der Waals surface area (Å²) in [6.07, 6.45) is 0. The quantitative estimate of drug-likeness (QED) is 0.110. The van der Waals surface area contributed by atoms with Gasteiger partial charge in [-0.2, -0.15) is 0 Å². The summed E-state index contributed by atoms with van der Waals surface area (Å²) < 4.78 is 10.6. The lowest BCUT2D eigenvalue weighted by atomic mass is 10.1. The number of benzene rings is 3. The van der Waals surface area contributed by atoms with Gasteiger partial charge < -0.3 is 25.4 Å². The molecule has 0 atom stereocenters. The summed E-state index contributed by atoms with van der Waals surface area (Å²) in [5.74, 6) is 1.33. The van der Waals surface area contributed by atoms with Gasteiger partial charge >= 0.3 is 0 Å². The van der Waals surface area contributed by atoms with Crippen LogP contribution >= 0.6 is 35.3 Å². The molecule has 0 bridgehead atoms.